The summed E-state index contributed by atoms with van der Waals surface area (Å²) in [4.78, 5) is 2.17. The SMILES string of the molecule is CCCCCC[C@@](C#N)(CCN(C)C)c1ccccc1. The van der Waals surface area contributed by atoms with Crippen molar-refractivity contribution in [3.8, 4) is 6.07 Å². The maximum Gasteiger partial charge on any atom is 0.0834 e. The van der Waals surface area contributed by atoms with E-state index in [1.165, 1.54) is 24.8 Å². The summed E-state index contributed by atoms with van der Waals surface area (Å²) in [6.45, 7) is 3.18. The molecule has 2 nitrogen and oxygen atoms in total. The molecule has 0 N–H and O–H groups in total. The second-order valence-corrected chi connectivity index (χ2v) is 5.92. The Bertz CT molecular complexity index is 405. The summed E-state index contributed by atoms with van der Waals surface area (Å²) in [5.41, 5.74) is 0.861. The first-order chi connectivity index (χ1) is 9.64. The summed E-state index contributed by atoms with van der Waals surface area (Å²) in [5, 5.41) is 9.83. The lowest BCUT2D eigenvalue weighted by atomic mass is 9.75. The maximum absolute atomic E-state index is 9.83. The topological polar surface area (TPSA) is 27.0 Å². The third kappa shape index (κ3) is 4.98. The molecule has 1 aromatic carbocycles. The van der Waals surface area contributed by atoms with Gasteiger partial charge in [-0.25, -0.2) is 0 Å². The highest BCUT2D eigenvalue weighted by Gasteiger charge is 2.31. The molecule has 0 saturated heterocycles. The molecule has 0 aliphatic rings. The third-order valence-electron chi connectivity index (χ3n) is 3.98. The summed E-state index contributed by atoms with van der Waals surface area (Å²) in [7, 11) is 4.15. The van der Waals surface area contributed by atoms with Gasteiger partial charge in [0.1, 0.15) is 0 Å². The van der Waals surface area contributed by atoms with E-state index in [0.717, 1.165) is 25.8 Å². The number of nitriles is 1. The summed E-state index contributed by atoms with van der Waals surface area (Å²) < 4.78 is 0. The first kappa shape index (κ1) is 16.7. The molecule has 0 aromatic heterocycles. The fourth-order valence-electron chi connectivity index (χ4n) is 2.62. The van der Waals surface area contributed by atoms with Crippen LogP contribution in [0.15, 0.2) is 30.3 Å². The molecule has 2 heteroatoms. The molecule has 1 atom stereocenters. The van der Waals surface area contributed by atoms with Crippen molar-refractivity contribution in [1.82, 2.24) is 4.90 Å². The van der Waals surface area contributed by atoms with Crippen molar-refractivity contribution >= 4 is 0 Å². The van der Waals surface area contributed by atoms with Crippen LogP contribution in [-0.2, 0) is 5.41 Å². The van der Waals surface area contributed by atoms with E-state index in [9.17, 15) is 5.26 Å². The van der Waals surface area contributed by atoms with Crippen molar-refractivity contribution < 1.29 is 0 Å². The minimum Gasteiger partial charge on any atom is -0.309 e. The molecular weight excluding hydrogens is 244 g/mol. The Labute approximate surface area is 124 Å². The lowest BCUT2D eigenvalue weighted by molar-refractivity contribution is 0.336. The molecule has 0 bridgehead atoms. The van der Waals surface area contributed by atoms with Crippen LogP contribution >= 0.6 is 0 Å². The first-order valence-electron chi connectivity index (χ1n) is 7.76. The highest BCUT2D eigenvalue weighted by Crippen LogP contribution is 2.33. The van der Waals surface area contributed by atoms with E-state index >= 15 is 0 Å². The standard InChI is InChI=1S/C18H28N2/c1-4-5-6-10-13-18(16-19,14-15-20(2)3)17-11-8-7-9-12-17/h7-9,11-12H,4-6,10,13-15H2,1-3H3/t18-/m0/s1. The molecule has 1 rings (SSSR count). The number of hydrogen-bond donors (Lipinski definition) is 0. The van der Waals surface area contributed by atoms with Crippen LogP contribution in [0.4, 0.5) is 0 Å². The molecular formula is C18H28N2. The van der Waals surface area contributed by atoms with Crippen molar-refractivity contribution in [3.05, 3.63) is 35.9 Å². The smallest absolute Gasteiger partial charge is 0.0834 e. The van der Waals surface area contributed by atoms with Gasteiger partial charge in [-0.3, -0.25) is 0 Å². The average molecular weight is 272 g/mol. The Morgan fingerprint density at radius 3 is 2.30 bits per heavy atom. The van der Waals surface area contributed by atoms with E-state index in [1.807, 2.05) is 18.2 Å². The zero-order valence-corrected chi connectivity index (χ0v) is 13.2. The molecule has 0 aliphatic carbocycles. The van der Waals surface area contributed by atoms with Crippen LogP contribution in [0.2, 0.25) is 0 Å². The molecule has 0 radical (unpaired) electrons. The average Bonchev–Trinajstić information content (AvgIpc) is 2.48. The van der Waals surface area contributed by atoms with Gasteiger partial charge in [0.05, 0.1) is 11.5 Å². The van der Waals surface area contributed by atoms with Crippen LogP contribution in [0.5, 0.6) is 0 Å². The van der Waals surface area contributed by atoms with E-state index in [-0.39, 0.29) is 5.41 Å². The minimum atomic E-state index is -0.320. The van der Waals surface area contributed by atoms with E-state index < -0.39 is 0 Å². The van der Waals surface area contributed by atoms with Crippen LogP contribution in [-0.4, -0.2) is 25.5 Å². The Hall–Kier alpha value is -1.33. The third-order valence-corrected chi connectivity index (χ3v) is 3.98. The van der Waals surface area contributed by atoms with Crippen molar-refractivity contribution in [3.63, 3.8) is 0 Å². The van der Waals surface area contributed by atoms with E-state index in [1.54, 1.807) is 0 Å². The second-order valence-electron chi connectivity index (χ2n) is 5.92. The molecule has 110 valence electrons. The van der Waals surface area contributed by atoms with Gasteiger partial charge in [-0.2, -0.15) is 5.26 Å². The molecule has 0 saturated carbocycles. The first-order valence-corrected chi connectivity index (χ1v) is 7.76. The number of rotatable bonds is 9. The Kier molecular flexibility index (Phi) is 7.33. The predicted octanol–water partition coefficient (Wildman–Crippen LogP) is 4.37. The molecule has 0 aliphatic heterocycles. The highest BCUT2D eigenvalue weighted by atomic mass is 15.0. The van der Waals surface area contributed by atoms with Crippen LogP contribution in [0, 0.1) is 11.3 Å². The fourth-order valence-corrected chi connectivity index (χ4v) is 2.62. The highest BCUT2D eigenvalue weighted by molar-refractivity contribution is 5.32. The predicted molar refractivity (Wildman–Crippen MR) is 85.7 cm³/mol. The van der Waals surface area contributed by atoms with Crippen LogP contribution in [0.25, 0.3) is 0 Å². The Balaban J connectivity index is 2.83. The van der Waals surface area contributed by atoms with Gasteiger partial charge in [0.15, 0.2) is 0 Å². The van der Waals surface area contributed by atoms with Gasteiger partial charge in [0.25, 0.3) is 0 Å². The van der Waals surface area contributed by atoms with Gasteiger partial charge in [-0.15, -0.1) is 0 Å². The van der Waals surface area contributed by atoms with Crippen molar-refractivity contribution in [1.29, 1.82) is 5.26 Å². The number of hydrogen-bond acceptors (Lipinski definition) is 2. The molecule has 0 fully saturated rings. The lowest BCUT2D eigenvalue weighted by Gasteiger charge is -2.28. The lowest BCUT2D eigenvalue weighted by Crippen LogP contribution is -2.29. The zero-order chi connectivity index (χ0) is 14.8. The van der Waals surface area contributed by atoms with Gasteiger partial charge in [-0.05, 0) is 39.0 Å². The number of nitrogens with zero attached hydrogens (tertiary/aromatic N) is 2. The summed E-state index contributed by atoms with van der Waals surface area (Å²) in [6.07, 6.45) is 6.76. The quantitative estimate of drug-likeness (QED) is 0.624. The second kappa shape index (κ2) is 8.76. The molecule has 0 unspecified atom stereocenters. The largest absolute Gasteiger partial charge is 0.309 e. The van der Waals surface area contributed by atoms with Gasteiger partial charge < -0.3 is 4.90 Å². The van der Waals surface area contributed by atoms with Gasteiger partial charge in [0, 0.05) is 0 Å². The Morgan fingerprint density at radius 1 is 1.05 bits per heavy atom. The van der Waals surface area contributed by atoms with E-state index in [0.29, 0.717) is 0 Å². The maximum atomic E-state index is 9.83. The van der Waals surface area contributed by atoms with E-state index in [4.69, 9.17) is 0 Å². The van der Waals surface area contributed by atoms with Gasteiger partial charge >= 0.3 is 0 Å². The van der Waals surface area contributed by atoms with Crippen molar-refractivity contribution in [2.24, 2.45) is 0 Å². The van der Waals surface area contributed by atoms with Crippen molar-refractivity contribution in [2.45, 2.75) is 50.9 Å². The fraction of sp³-hybridized carbons (Fsp3) is 0.611. The monoisotopic (exact) mass is 272 g/mol. The van der Waals surface area contributed by atoms with Crippen LogP contribution < -0.4 is 0 Å². The summed E-state index contributed by atoms with van der Waals surface area (Å²) in [6, 6.07) is 13.0. The molecule has 0 heterocycles. The molecule has 0 spiro atoms. The van der Waals surface area contributed by atoms with Crippen LogP contribution in [0.3, 0.4) is 0 Å². The number of benzene rings is 1. The Morgan fingerprint density at radius 2 is 1.75 bits per heavy atom. The van der Waals surface area contributed by atoms with Gasteiger partial charge in [-0.1, -0.05) is 62.9 Å². The number of unbranched alkanes of at least 4 members (excludes halogenated alkanes) is 3. The van der Waals surface area contributed by atoms with Crippen LogP contribution in [0.1, 0.15) is 51.0 Å². The minimum absolute atomic E-state index is 0.320. The normalized spacial score (nSPS) is 13.9. The molecule has 0 amide bonds. The summed E-state index contributed by atoms with van der Waals surface area (Å²) >= 11 is 0. The van der Waals surface area contributed by atoms with Gasteiger partial charge in [0.2, 0.25) is 0 Å². The molecule has 1 aromatic rings. The molecule has 20 heavy (non-hydrogen) atoms. The zero-order valence-electron chi connectivity index (χ0n) is 13.2. The van der Waals surface area contributed by atoms with E-state index in [2.05, 4.69) is 44.1 Å². The summed E-state index contributed by atoms with van der Waals surface area (Å²) in [5.74, 6) is 0. The van der Waals surface area contributed by atoms with Crippen molar-refractivity contribution in [2.75, 3.05) is 20.6 Å².